The van der Waals surface area contributed by atoms with Crippen LogP contribution >= 0.6 is 0 Å². The van der Waals surface area contributed by atoms with Gasteiger partial charge in [-0.2, -0.15) is 0 Å². The first-order valence-electron chi connectivity index (χ1n) is 18.5. The summed E-state index contributed by atoms with van der Waals surface area (Å²) in [5.74, 6) is 0. The number of benzene rings is 10. The maximum absolute atomic E-state index is 6.23. The van der Waals surface area contributed by atoms with Crippen LogP contribution in [0.15, 0.2) is 205 Å². The molecule has 2 heteroatoms. The Labute approximate surface area is 312 Å². The number of rotatable bonds is 5. The SMILES string of the molecule is c1ccc2c(c1)ccc1cc(N(c3ccc(-c4cccc5c4ccc4ccccc45)cc3)c3ccc(-c4cccc5oc6ccccc6c45)cc3)ccc12. The van der Waals surface area contributed by atoms with Gasteiger partial charge in [-0.25, -0.2) is 0 Å². The fourth-order valence-electron chi connectivity index (χ4n) is 8.47. The molecule has 0 saturated carbocycles. The Kier molecular flexibility index (Phi) is 6.90. The maximum Gasteiger partial charge on any atom is 0.136 e. The third kappa shape index (κ3) is 4.88. The van der Waals surface area contributed by atoms with Crippen molar-refractivity contribution in [1.29, 1.82) is 0 Å². The lowest BCUT2D eigenvalue weighted by molar-refractivity contribution is 0.669. The highest BCUT2D eigenvalue weighted by molar-refractivity contribution is 6.14. The van der Waals surface area contributed by atoms with Gasteiger partial charge in [-0.05, 0) is 114 Å². The van der Waals surface area contributed by atoms with Crippen LogP contribution in [0, 0.1) is 0 Å². The Morgan fingerprint density at radius 1 is 0.296 bits per heavy atom. The largest absolute Gasteiger partial charge is 0.456 e. The Hall–Kier alpha value is -7.16. The van der Waals surface area contributed by atoms with E-state index in [0.29, 0.717) is 0 Å². The fourth-order valence-corrected chi connectivity index (χ4v) is 8.47. The average molecular weight is 688 g/mol. The Morgan fingerprint density at radius 3 is 1.56 bits per heavy atom. The molecule has 10 aromatic carbocycles. The van der Waals surface area contributed by atoms with Gasteiger partial charge in [0.25, 0.3) is 0 Å². The number of hydrogen-bond acceptors (Lipinski definition) is 2. The summed E-state index contributed by atoms with van der Waals surface area (Å²) in [6.45, 7) is 0. The van der Waals surface area contributed by atoms with E-state index in [-0.39, 0.29) is 0 Å². The number of para-hydroxylation sites is 1. The van der Waals surface area contributed by atoms with Crippen LogP contribution in [0.2, 0.25) is 0 Å². The van der Waals surface area contributed by atoms with E-state index >= 15 is 0 Å². The van der Waals surface area contributed by atoms with Crippen LogP contribution < -0.4 is 4.90 Å². The summed E-state index contributed by atoms with van der Waals surface area (Å²) in [6, 6.07) is 72.3. The molecule has 0 radical (unpaired) electrons. The van der Waals surface area contributed by atoms with Crippen molar-refractivity contribution in [2.24, 2.45) is 0 Å². The molecule has 11 aromatic rings. The third-order valence-electron chi connectivity index (χ3n) is 11.0. The van der Waals surface area contributed by atoms with Gasteiger partial charge in [0.05, 0.1) is 0 Å². The molecule has 252 valence electrons. The minimum absolute atomic E-state index is 0.905. The third-order valence-corrected chi connectivity index (χ3v) is 11.0. The molecule has 1 aromatic heterocycles. The molecule has 0 fully saturated rings. The Bertz CT molecular complexity index is 3210. The molecule has 0 aliphatic heterocycles. The monoisotopic (exact) mass is 687 g/mol. The van der Waals surface area contributed by atoms with Crippen molar-refractivity contribution in [3.8, 4) is 22.3 Å². The van der Waals surface area contributed by atoms with Gasteiger partial charge < -0.3 is 9.32 Å². The van der Waals surface area contributed by atoms with E-state index in [1.54, 1.807) is 0 Å². The summed E-state index contributed by atoms with van der Waals surface area (Å²) < 4.78 is 6.23. The zero-order valence-electron chi connectivity index (χ0n) is 29.4. The van der Waals surface area contributed by atoms with E-state index in [1.165, 1.54) is 59.8 Å². The van der Waals surface area contributed by atoms with Gasteiger partial charge in [-0.1, -0.05) is 152 Å². The molecular weight excluding hydrogens is 655 g/mol. The normalized spacial score (nSPS) is 11.7. The van der Waals surface area contributed by atoms with E-state index in [2.05, 4.69) is 193 Å². The summed E-state index contributed by atoms with van der Waals surface area (Å²) in [4.78, 5) is 2.37. The summed E-state index contributed by atoms with van der Waals surface area (Å²) >= 11 is 0. The molecule has 1 heterocycles. The van der Waals surface area contributed by atoms with Crippen molar-refractivity contribution in [1.82, 2.24) is 0 Å². The van der Waals surface area contributed by atoms with Gasteiger partial charge in [0.1, 0.15) is 11.2 Å². The van der Waals surface area contributed by atoms with Gasteiger partial charge >= 0.3 is 0 Å². The molecule has 0 bridgehead atoms. The second kappa shape index (κ2) is 12.2. The minimum atomic E-state index is 0.905. The first kappa shape index (κ1) is 30.5. The molecule has 0 spiro atoms. The number of anilines is 3. The predicted octanol–water partition coefficient (Wildman–Crippen LogP) is 15.0. The van der Waals surface area contributed by atoms with Crippen LogP contribution in [0.1, 0.15) is 0 Å². The number of nitrogens with zero attached hydrogens (tertiary/aromatic N) is 1. The first-order valence-corrected chi connectivity index (χ1v) is 18.5. The van der Waals surface area contributed by atoms with Crippen molar-refractivity contribution in [2.45, 2.75) is 0 Å². The molecule has 0 saturated heterocycles. The zero-order chi connectivity index (χ0) is 35.6. The lowest BCUT2D eigenvalue weighted by Gasteiger charge is -2.26. The van der Waals surface area contributed by atoms with Crippen LogP contribution in [0.5, 0.6) is 0 Å². The van der Waals surface area contributed by atoms with E-state index in [0.717, 1.165) is 44.6 Å². The minimum Gasteiger partial charge on any atom is -0.456 e. The average Bonchev–Trinajstić information content (AvgIpc) is 3.63. The van der Waals surface area contributed by atoms with Gasteiger partial charge in [0, 0.05) is 27.8 Å². The van der Waals surface area contributed by atoms with E-state index < -0.39 is 0 Å². The Balaban J connectivity index is 1.04. The Morgan fingerprint density at radius 2 is 0.796 bits per heavy atom. The van der Waals surface area contributed by atoms with Crippen molar-refractivity contribution in [2.75, 3.05) is 4.90 Å². The molecule has 11 rings (SSSR count). The van der Waals surface area contributed by atoms with E-state index in [1.807, 2.05) is 12.1 Å². The highest BCUT2D eigenvalue weighted by atomic mass is 16.3. The van der Waals surface area contributed by atoms with Gasteiger partial charge in [-0.15, -0.1) is 0 Å². The molecular formula is C52H33NO. The van der Waals surface area contributed by atoms with Crippen LogP contribution in [0.25, 0.3) is 87.3 Å². The number of furan rings is 1. The summed E-state index contributed by atoms with van der Waals surface area (Å²) in [6.07, 6.45) is 0. The zero-order valence-corrected chi connectivity index (χ0v) is 29.4. The molecule has 2 nitrogen and oxygen atoms in total. The van der Waals surface area contributed by atoms with Crippen molar-refractivity contribution in [3.63, 3.8) is 0 Å². The van der Waals surface area contributed by atoms with Gasteiger partial charge in [0.15, 0.2) is 0 Å². The van der Waals surface area contributed by atoms with Crippen LogP contribution in [0.3, 0.4) is 0 Å². The van der Waals surface area contributed by atoms with Gasteiger partial charge in [-0.3, -0.25) is 0 Å². The van der Waals surface area contributed by atoms with Crippen LogP contribution in [-0.2, 0) is 0 Å². The summed E-state index contributed by atoms with van der Waals surface area (Å²) in [7, 11) is 0. The molecule has 0 aliphatic carbocycles. The number of hydrogen-bond donors (Lipinski definition) is 0. The smallest absolute Gasteiger partial charge is 0.136 e. The van der Waals surface area contributed by atoms with E-state index in [4.69, 9.17) is 4.42 Å². The number of fused-ring (bicyclic) bond motifs is 9. The highest BCUT2D eigenvalue weighted by Crippen LogP contribution is 2.42. The van der Waals surface area contributed by atoms with Gasteiger partial charge in [0.2, 0.25) is 0 Å². The van der Waals surface area contributed by atoms with E-state index in [9.17, 15) is 0 Å². The summed E-state index contributed by atoms with van der Waals surface area (Å²) in [5, 5.41) is 12.4. The lowest BCUT2D eigenvalue weighted by Crippen LogP contribution is -2.09. The molecule has 0 amide bonds. The molecule has 0 atom stereocenters. The predicted molar refractivity (Wildman–Crippen MR) is 229 cm³/mol. The van der Waals surface area contributed by atoms with Crippen LogP contribution in [-0.4, -0.2) is 0 Å². The second-order valence-corrected chi connectivity index (χ2v) is 14.1. The maximum atomic E-state index is 6.23. The second-order valence-electron chi connectivity index (χ2n) is 14.1. The van der Waals surface area contributed by atoms with Crippen molar-refractivity contribution in [3.05, 3.63) is 200 Å². The molecule has 54 heavy (non-hydrogen) atoms. The quantitative estimate of drug-likeness (QED) is 0.168. The summed E-state index contributed by atoms with van der Waals surface area (Å²) in [5.41, 5.74) is 9.86. The first-order chi connectivity index (χ1) is 26.8. The molecule has 0 unspecified atom stereocenters. The standard InChI is InChI=1S/C52H33NO/c1-3-11-42-34(9-1)19-20-38-33-41(30-32-45(38)42)53(40-28-23-37(24-29-40)46-15-8-18-51-52(46)49-13-5-6-17-50(49)54-51)39-26-21-36(22-27-39)44-14-7-16-47-43-12-4-2-10-35(43)25-31-48(44)47/h1-33H. The highest BCUT2D eigenvalue weighted by Gasteiger charge is 2.17. The molecule has 0 aliphatic rings. The van der Waals surface area contributed by atoms with Crippen molar-refractivity contribution >= 4 is 82.1 Å². The van der Waals surface area contributed by atoms with Crippen molar-refractivity contribution < 1.29 is 4.42 Å². The van der Waals surface area contributed by atoms with Crippen LogP contribution in [0.4, 0.5) is 17.1 Å². The fraction of sp³-hybridized carbons (Fsp3) is 0. The lowest BCUT2D eigenvalue weighted by atomic mass is 9.94. The molecule has 0 N–H and O–H groups in total. The topological polar surface area (TPSA) is 16.4 Å².